The van der Waals surface area contributed by atoms with Crippen LogP contribution in [0.2, 0.25) is 0 Å². The summed E-state index contributed by atoms with van der Waals surface area (Å²) in [4.78, 5) is 11.7. The van der Waals surface area contributed by atoms with Crippen LogP contribution in [0.25, 0.3) is 0 Å². The van der Waals surface area contributed by atoms with Gasteiger partial charge in [0.25, 0.3) is 0 Å². The van der Waals surface area contributed by atoms with Gasteiger partial charge in [-0.15, -0.1) is 0 Å². The second-order valence-corrected chi connectivity index (χ2v) is 5.86. The Bertz CT molecular complexity index is 737. The standard InChI is InChI=1S/C18H25F3N6O2/c1-2-22-16(23-7-4-11-28-13-14-5-3-12-29-14)25-9-10-26-17-24-8-6-15(27-17)18(19,20)21/h3,5-6,8,12H,2,4,7,9-11,13H2,1H3,(H2,22,23,25)(H,24,26,27). The first-order valence-electron chi connectivity index (χ1n) is 9.25. The van der Waals surface area contributed by atoms with Crippen molar-refractivity contribution in [1.29, 1.82) is 0 Å². The van der Waals surface area contributed by atoms with Crippen molar-refractivity contribution in [2.45, 2.75) is 26.1 Å². The Hall–Kier alpha value is -2.82. The van der Waals surface area contributed by atoms with Crippen LogP contribution in [-0.2, 0) is 17.5 Å². The van der Waals surface area contributed by atoms with E-state index in [0.29, 0.717) is 45.4 Å². The number of furan rings is 1. The van der Waals surface area contributed by atoms with E-state index in [-0.39, 0.29) is 5.95 Å². The van der Waals surface area contributed by atoms with Gasteiger partial charge in [-0.3, -0.25) is 4.99 Å². The number of halogens is 3. The molecule has 0 aromatic carbocycles. The molecular formula is C18H25F3N6O2. The zero-order chi connectivity index (χ0) is 21.0. The van der Waals surface area contributed by atoms with Gasteiger partial charge in [0.15, 0.2) is 5.96 Å². The number of nitrogens with one attached hydrogen (secondary N) is 3. The van der Waals surface area contributed by atoms with E-state index in [9.17, 15) is 13.2 Å². The van der Waals surface area contributed by atoms with Gasteiger partial charge in [0.1, 0.15) is 18.1 Å². The summed E-state index contributed by atoms with van der Waals surface area (Å²) in [7, 11) is 0. The molecule has 29 heavy (non-hydrogen) atoms. The molecule has 2 heterocycles. The minimum Gasteiger partial charge on any atom is -0.467 e. The molecule has 2 aromatic rings. The van der Waals surface area contributed by atoms with Crippen LogP contribution in [0.4, 0.5) is 19.1 Å². The highest BCUT2D eigenvalue weighted by molar-refractivity contribution is 5.79. The van der Waals surface area contributed by atoms with E-state index in [1.54, 1.807) is 6.26 Å². The summed E-state index contributed by atoms with van der Waals surface area (Å²) < 4.78 is 48.6. The summed E-state index contributed by atoms with van der Waals surface area (Å²) in [6.45, 7) is 4.94. The molecule has 0 aliphatic carbocycles. The van der Waals surface area contributed by atoms with Crippen LogP contribution in [0.15, 0.2) is 40.1 Å². The fourth-order valence-electron chi connectivity index (χ4n) is 2.22. The lowest BCUT2D eigenvalue weighted by molar-refractivity contribution is -0.141. The van der Waals surface area contributed by atoms with Crippen LogP contribution >= 0.6 is 0 Å². The van der Waals surface area contributed by atoms with Crippen molar-refractivity contribution in [3.05, 3.63) is 42.1 Å². The summed E-state index contributed by atoms with van der Waals surface area (Å²) >= 11 is 0. The molecule has 0 unspecified atom stereocenters. The molecular weight excluding hydrogens is 389 g/mol. The lowest BCUT2D eigenvalue weighted by Crippen LogP contribution is -2.39. The smallest absolute Gasteiger partial charge is 0.433 e. The van der Waals surface area contributed by atoms with E-state index in [0.717, 1.165) is 24.4 Å². The van der Waals surface area contributed by atoms with E-state index in [1.165, 1.54) is 0 Å². The van der Waals surface area contributed by atoms with Crippen molar-refractivity contribution in [1.82, 2.24) is 20.6 Å². The second-order valence-electron chi connectivity index (χ2n) is 5.86. The number of ether oxygens (including phenoxy) is 1. The van der Waals surface area contributed by atoms with Crippen molar-refractivity contribution in [2.24, 2.45) is 4.99 Å². The van der Waals surface area contributed by atoms with Gasteiger partial charge in [0.05, 0.1) is 6.26 Å². The third-order valence-electron chi connectivity index (χ3n) is 3.53. The van der Waals surface area contributed by atoms with Gasteiger partial charge >= 0.3 is 6.18 Å². The van der Waals surface area contributed by atoms with Crippen LogP contribution in [0.3, 0.4) is 0 Å². The molecule has 2 aromatic heterocycles. The summed E-state index contributed by atoms with van der Waals surface area (Å²) in [6, 6.07) is 4.49. The summed E-state index contributed by atoms with van der Waals surface area (Å²) in [5.41, 5.74) is -0.980. The molecule has 11 heteroatoms. The maximum atomic E-state index is 12.6. The van der Waals surface area contributed by atoms with Gasteiger partial charge in [0, 0.05) is 39.0 Å². The monoisotopic (exact) mass is 414 g/mol. The van der Waals surface area contributed by atoms with Gasteiger partial charge < -0.3 is 25.1 Å². The van der Waals surface area contributed by atoms with Gasteiger partial charge in [0.2, 0.25) is 5.95 Å². The number of hydrogen-bond donors (Lipinski definition) is 3. The zero-order valence-corrected chi connectivity index (χ0v) is 16.1. The number of anilines is 1. The van der Waals surface area contributed by atoms with Gasteiger partial charge in [-0.25, -0.2) is 9.97 Å². The average Bonchev–Trinajstić information content (AvgIpc) is 3.21. The maximum Gasteiger partial charge on any atom is 0.433 e. The lowest BCUT2D eigenvalue weighted by atomic mass is 10.4. The van der Waals surface area contributed by atoms with Crippen molar-refractivity contribution in [3.8, 4) is 0 Å². The molecule has 0 fully saturated rings. The third kappa shape index (κ3) is 8.81. The van der Waals surface area contributed by atoms with Gasteiger partial charge in [-0.2, -0.15) is 13.2 Å². The minimum absolute atomic E-state index is 0.0720. The Balaban J connectivity index is 1.65. The fourth-order valence-corrected chi connectivity index (χ4v) is 2.22. The van der Waals surface area contributed by atoms with Crippen LogP contribution in [0.1, 0.15) is 24.8 Å². The SMILES string of the molecule is CCNC(=NCCCOCc1ccco1)NCCNc1nccc(C(F)(F)F)n1. The minimum atomic E-state index is -4.50. The Labute approximate surface area is 167 Å². The molecule has 8 nitrogen and oxygen atoms in total. The van der Waals surface area contributed by atoms with Crippen LogP contribution < -0.4 is 16.0 Å². The quantitative estimate of drug-likeness (QED) is 0.296. The lowest BCUT2D eigenvalue weighted by Gasteiger charge is -2.12. The van der Waals surface area contributed by atoms with E-state index < -0.39 is 11.9 Å². The predicted octanol–water partition coefficient (Wildman–Crippen LogP) is 2.66. The predicted molar refractivity (Wildman–Crippen MR) is 102 cm³/mol. The second kappa shape index (κ2) is 11.9. The number of guanidine groups is 1. The molecule has 160 valence electrons. The molecule has 0 atom stereocenters. The number of nitrogens with zero attached hydrogens (tertiary/aromatic N) is 3. The summed E-state index contributed by atoms with van der Waals surface area (Å²) in [5.74, 6) is 1.32. The number of alkyl halides is 3. The first-order valence-corrected chi connectivity index (χ1v) is 9.25. The van der Waals surface area contributed by atoms with E-state index in [2.05, 4.69) is 30.9 Å². The molecule has 0 saturated heterocycles. The molecule has 3 N–H and O–H groups in total. The summed E-state index contributed by atoms with van der Waals surface area (Å²) in [6.07, 6.45) is -1.08. The van der Waals surface area contributed by atoms with E-state index in [1.807, 2.05) is 19.1 Å². The van der Waals surface area contributed by atoms with Crippen molar-refractivity contribution in [3.63, 3.8) is 0 Å². The Morgan fingerprint density at radius 3 is 2.83 bits per heavy atom. The van der Waals surface area contributed by atoms with Crippen molar-refractivity contribution in [2.75, 3.05) is 38.1 Å². The number of aromatic nitrogens is 2. The molecule has 0 radical (unpaired) electrons. The molecule has 0 spiro atoms. The molecule has 0 aliphatic rings. The van der Waals surface area contributed by atoms with Crippen LogP contribution in [0, 0.1) is 0 Å². The van der Waals surface area contributed by atoms with Crippen LogP contribution in [0.5, 0.6) is 0 Å². The van der Waals surface area contributed by atoms with E-state index >= 15 is 0 Å². The number of aliphatic imine (C=N–C) groups is 1. The number of hydrogen-bond acceptors (Lipinski definition) is 6. The van der Waals surface area contributed by atoms with Crippen molar-refractivity contribution < 1.29 is 22.3 Å². The normalized spacial score (nSPS) is 12.1. The number of rotatable bonds is 11. The maximum absolute atomic E-state index is 12.6. The van der Waals surface area contributed by atoms with E-state index in [4.69, 9.17) is 9.15 Å². The zero-order valence-electron chi connectivity index (χ0n) is 16.1. The van der Waals surface area contributed by atoms with Gasteiger partial charge in [-0.05, 0) is 31.5 Å². The Morgan fingerprint density at radius 2 is 2.10 bits per heavy atom. The highest BCUT2D eigenvalue weighted by Gasteiger charge is 2.32. The Morgan fingerprint density at radius 1 is 1.24 bits per heavy atom. The summed E-state index contributed by atoms with van der Waals surface area (Å²) in [5, 5.41) is 8.95. The average molecular weight is 414 g/mol. The fraction of sp³-hybridized carbons (Fsp3) is 0.500. The molecule has 0 amide bonds. The highest BCUT2D eigenvalue weighted by Crippen LogP contribution is 2.27. The molecule has 0 bridgehead atoms. The Kier molecular flexibility index (Phi) is 9.22. The topological polar surface area (TPSA) is 96.6 Å². The van der Waals surface area contributed by atoms with Gasteiger partial charge in [-0.1, -0.05) is 0 Å². The van der Waals surface area contributed by atoms with Crippen molar-refractivity contribution >= 4 is 11.9 Å². The molecule has 0 aliphatic heterocycles. The first-order chi connectivity index (χ1) is 14.0. The molecule has 2 rings (SSSR count). The first kappa shape index (κ1) is 22.5. The molecule has 0 saturated carbocycles. The largest absolute Gasteiger partial charge is 0.467 e. The highest BCUT2D eigenvalue weighted by atomic mass is 19.4. The van der Waals surface area contributed by atoms with Crippen LogP contribution in [-0.4, -0.2) is 48.7 Å². The third-order valence-corrected chi connectivity index (χ3v) is 3.53.